The molecule has 1 aliphatic carbocycles. The van der Waals surface area contributed by atoms with Crippen molar-refractivity contribution in [3.05, 3.63) is 53.2 Å². The van der Waals surface area contributed by atoms with Crippen molar-refractivity contribution in [2.75, 3.05) is 5.32 Å². The topological polar surface area (TPSA) is 96.5 Å². The summed E-state index contributed by atoms with van der Waals surface area (Å²) in [4.78, 5) is 18.3. The smallest absolute Gasteiger partial charge is 0.238 e. The van der Waals surface area contributed by atoms with E-state index < -0.39 is 5.25 Å². The summed E-state index contributed by atoms with van der Waals surface area (Å²) in [7, 11) is 0. The maximum absolute atomic E-state index is 13.0. The van der Waals surface area contributed by atoms with Gasteiger partial charge >= 0.3 is 0 Å². The first-order valence-corrected chi connectivity index (χ1v) is 12.3. The molecule has 0 aliphatic heterocycles. The molecule has 164 valence electrons. The van der Waals surface area contributed by atoms with Crippen molar-refractivity contribution >= 4 is 34.0 Å². The second kappa shape index (κ2) is 10.1. The van der Waals surface area contributed by atoms with E-state index in [1.807, 2.05) is 23.6 Å². The average molecular weight is 465 g/mol. The van der Waals surface area contributed by atoms with E-state index in [2.05, 4.69) is 33.1 Å². The van der Waals surface area contributed by atoms with Gasteiger partial charge in [-0.15, -0.1) is 28.1 Å². The summed E-state index contributed by atoms with van der Waals surface area (Å²) in [5, 5.41) is 22.2. The molecule has 0 spiro atoms. The number of amides is 1. The molecule has 3 aromatic rings. The van der Waals surface area contributed by atoms with E-state index in [1.165, 1.54) is 23.1 Å². The Balaban J connectivity index is 1.52. The zero-order valence-corrected chi connectivity index (χ0v) is 19.5. The van der Waals surface area contributed by atoms with Crippen molar-refractivity contribution in [2.45, 2.75) is 56.0 Å². The number of carbonyl (C=O) groups is 1. The maximum Gasteiger partial charge on any atom is 0.238 e. The van der Waals surface area contributed by atoms with Crippen LogP contribution in [-0.4, -0.2) is 30.9 Å². The summed E-state index contributed by atoms with van der Waals surface area (Å²) in [6, 6.07) is 6.07. The fourth-order valence-electron chi connectivity index (χ4n) is 3.76. The van der Waals surface area contributed by atoms with Crippen molar-refractivity contribution in [2.24, 2.45) is 0 Å². The van der Waals surface area contributed by atoms with Gasteiger partial charge in [0.15, 0.2) is 11.0 Å². The van der Waals surface area contributed by atoms with Crippen molar-refractivity contribution in [3.8, 4) is 17.5 Å². The Morgan fingerprint density at radius 3 is 2.88 bits per heavy atom. The van der Waals surface area contributed by atoms with Gasteiger partial charge in [-0.3, -0.25) is 14.3 Å². The van der Waals surface area contributed by atoms with Crippen LogP contribution >= 0.6 is 23.1 Å². The molecule has 7 nitrogen and oxygen atoms in total. The molecule has 0 bridgehead atoms. The molecule has 0 fully saturated rings. The van der Waals surface area contributed by atoms with E-state index >= 15 is 0 Å². The minimum atomic E-state index is -0.415. The van der Waals surface area contributed by atoms with Gasteiger partial charge in [0.05, 0.1) is 10.8 Å². The number of nitriles is 1. The van der Waals surface area contributed by atoms with Crippen LogP contribution in [0.1, 0.15) is 42.2 Å². The predicted octanol–water partition coefficient (Wildman–Crippen LogP) is 4.85. The highest BCUT2D eigenvalue weighted by Gasteiger charge is 2.24. The molecule has 32 heavy (non-hydrogen) atoms. The molecule has 0 aromatic carbocycles. The number of hydrogen-bond donors (Lipinski definition) is 1. The number of pyridine rings is 1. The predicted molar refractivity (Wildman–Crippen MR) is 128 cm³/mol. The summed E-state index contributed by atoms with van der Waals surface area (Å²) in [5.74, 6) is 0.553. The fraction of sp³-hybridized carbons (Fsp3) is 0.348. The standard InChI is InChI=1S/C23H24N6OS2/c1-3-13-29-20(16-9-11-25-12-10-16)27-28-23(29)31-15(2)21(30)26-22-18(14-24)17-7-5-4-6-8-19(17)32-22/h3,9-12,15H,1,4-8,13H2,2H3,(H,26,30)/t15-/m0/s1. The van der Waals surface area contributed by atoms with Crippen LogP contribution in [0.3, 0.4) is 0 Å². The third kappa shape index (κ3) is 4.61. The molecule has 1 N–H and O–H groups in total. The second-order valence-electron chi connectivity index (χ2n) is 7.57. The number of nitrogens with zero attached hydrogens (tertiary/aromatic N) is 5. The molecule has 9 heteroatoms. The summed E-state index contributed by atoms with van der Waals surface area (Å²) < 4.78 is 1.94. The zero-order valence-electron chi connectivity index (χ0n) is 17.9. The van der Waals surface area contributed by atoms with E-state index in [0.717, 1.165) is 36.8 Å². The number of thioether (sulfide) groups is 1. The zero-order chi connectivity index (χ0) is 22.5. The van der Waals surface area contributed by atoms with Crippen LogP contribution in [0, 0.1) is 11.3 Å². The maximum atomic E-state index is 13.0. The molecule has 3 heterocycles. The summed E-state index contributed by atoms with van der Waals surface area (Å²) in [6.07, 6.45) is 10.5. The molecule has 0 saturated carbocycles. The molecular weight excluding hydrogens is 440 g/mol. The van der Waals surface area contributed by atoms with Gasteiger partial charge in [0, 0.05) is 29.4 Å². The lowest BCUT2D eigenvalue weighted by Crippen LogP contribution is -2.23. The van der Waals surface area contributed by atoms with Gasteiger partial charge in [-0.2, -0.15) is 5.26 Å². The number of carbonyl (C=O) groups excluding carboxylic acids is 1. The van der Waals surface area contributed by atoms with Crippen molar-refractivity contribution < 1.29 is 4.79 Å². The van der Waals surface area contributed by atoms with Crippen molar-refractivity contribution in [1.82, 2.24) is 19.7 Å². The number of hydrogen-bond acceptors (Lipinski definition) is 7. The minimum absolute atomic E-state index is 0.151. The van der Waals surface area contributed by atoms with Gasteiger partial charge < -0.3 is 5.32 Å². The van der Waals surface area contributed by atoms with Gasteiger partial charge in [-0.1, -0.05) is 24.3 Å². The average Bonchev–Trinajstić information content (AvgIpc) is 3.26. The number of allylic oxidation sites excluding steroid dienone is 1. The Morgan fingerprint density at radius 2 is 2.12 bits per heavy atom. The number of thiophene rings is 1. The molecule has 1 aliphatic rings. The first kappa shape index (κ1) is 22.2. The van der Waals surface area contributed by atoms with Crippen LogP contribution in [0.15, 0.2) is 42.3 Å². The van der Waals surface area contributed by atoms with E-state index in [1.54, 1.807) is 29.8 Å². The first-order valence-electron chi connectivity index (χ1n) is 10.6. The van der Waals surface area contributed by atoms with E-state index in [0.29, 0.717) is 28.1 Å². The third-order valence-corrected chi connectivity index (χ3v) is 7.68. The highest BCUT2D eigenvalue weighted by molar-refractivity contribution is 8.00. The largest absolute Gasteiger partial charge is 0.316 e. The lowest BCUT2D eigenvalue weighted by Gasteiger charge is -2.12. The van der Waals surface area contributed by atoms with Crippen LogP contribution in [0.25, 0.3) is 11.4 Å². The van der Waals surface area contributed by atoms with Crippen molar-refractivity contribution in [3.63, 3.8) is 0 Å². The summed E-state index contributed by atoms with van der Waals surface area (Å²) >= 11 is 2.89. The number of anilines is 1. The molecule has 0 saturated heterocycles. The first-order chi connectivity index (χ1) is 15.6. The summed E-state index contributed by atoms with van der Waals surface area (Å²) in [5.41, 5.74) is 2.66. The van der Waals surface area contributed by atoms with Gasteiger partial charge in [-0.25, -0.2) is 0 Å². The molecule has 0 radical (unpaired) electrons. The van der Waals surface area contributed by atoms with Gasteiger partial charge in [0.1, 0.15) is 11.1 Å². The van der Waals surface area contributed by atoms with Gasteiger partial charge in [-0.05, 0) is 50.3 Å². The minimum Gasteiger partial charge on any atom is -0.316 e. The number of rotatable bonds is 7. The van der Waals surface area contributed by atoms with Crippen LogP contribution in [0.5, 0.6) is 0 Å². The third-order valence-electron chi connectivity index (χ3n) is 5.39. The lowest BCUT2D eigenvalue weighted by molar-refractivity contribution is -0.115. The molecule has 3 aromatic heterocycles. The molecular formula is C23H24N6OS2. The molecule has 1 atom stereocenters. The normalized spacial score (nSPS) is 14.1. The highest BCUT2D eigenvalue weighted by atomic mass is 32.2. The van der Waals surface area contributed by atoms with Gasteiger partial charge in [0.25, 0.3) is 0 Å². The SMILES string of the molecule is C=CCn1c(S[C@@H](C)C(=O)Nc2sc3c(c2C#N)CCCCC3)nnc1-c1ccncc1. The van der Waals surface area contributed by atoms with E-state index in [4.69, 9.17) is 0 Å². The number of aromatic nitrogens is 4. The molecule has 0 unspecified atom stereocenters. The van der Waals surface area contributed by atoms with Crippen LogP contribution in [0.2, 0.25) is 0 Å². The van der Waals surface area contributed by atoms with Crippen LogP contribution in [-0.2, 0) is 24.2 Å². The quantitative estimate of drug-likeness (QED) is 0.305. The van der Waals surface area contributed by atoms with Gasteiger partial charge in [0.2, 0.25) is 5.91 Å². The summed E-state index contributed by atoms with van der Waals surface area (Å²) in [6.45, 7) is 6.19. The Hall–Kier alpha value is -2.96. The van der Waals surface area contributed by atoms with Crippen molar-refractivity contribution in [1.29, 1.82) is 5.26 Å². The number of fused-ring (bicyclic) bond motifs is 1. The van der Waals surface area contributed by atoms with E-state index in [9.17, 15) is 10.1 Å². The van der Waals surface area contributed by atoms with E-state index in [-0.39, 0.29) is 5.91 Å². The van der Waals surface area contributed by atoms with Crippen LogP contribution < -0.4 is 5.32 Å². The molecule has 1 amide bonds. The Kier molecular flexibility index (Phi) is 7.02. The number of nitrogens with one attached hydrogen (secondary N) is 1. The Labute approximate surface area is 195 Å². The Morgan fingerprint density at radius 1 is 1.34 bits per heavy atom. The Bertz CT molecular complexity index is 1160. The monoisotopic (exact) mass is 464 g/mol. The highest BCUT2D eigenvalue weighted by Crippen LogP contribution is 2.37. The lowest BCUT2D eigenvalue weighted by atomic mass is 10.1. The molecule has 4 rings (SSSR count). The fourth-order valence-corrected chi connectivity index (χ4v) is 5.86. The number of aryl methyl sites for hydroxylation is 1. The van der Waals surface area contributed by atoms with Crippen LogP contribution in [0.4, 0.5) is 5.00 Å². The second-order valence-corrected chi connectivity index (χ2v) is 9.98.